The van der Waals surface area contributed by atoms with Crippen LogP contribution in [0.2, 0.25) is 0 Å². The molecule has 0 radical (unpaired) electrons. The zero-order valence-corrected chi connectivity index (χ0v) is 9.48. The average molecular weight is 214 g/mol. The van der Waals surface area contributed by atoms with Gasteiger partial charge in [0.25, 0.3) is 0 Å². The number of aliphatic hydroxyl groups excluding tert-OH is 1. The Bertz CT molecular complexity index is 195. The molecule has 0 bridgehead atoms. The number of ether oxygens (including phenoxy) is 1. The zero-order chi connectivity index (χ0) is 10.7. The van der Waals surface area contributed by atoms with E-state index in [1.165, 1.54) is 25.9 Å². The van der Waals surface area contributed by atoms with Crippen molar-refractivity contribution in [2.24, 2.45) is 0 Å². The Morgan fingerprint density at radius 3 is 2.73 bits per heavy atom. The summed E-state index contributed by atoms with van der Waals surface area (Å²) < 4.78 is 5.21. The van der Waals surface area contributed by atoms with Crippen molar-refractivity contribution >= 4 is 0 Å². The van der Waals surface area contributed by atoms with Gasteiger partial charge < -0.3 is 20.1 Å². The Morgan fingerprint density at radius 2 is 2.13 bits per heavy atom. The average Bonchev–Trinajstić information content (AvgIpc) is 2.79. The molecule has 0 aromatic rings. The number of aliphatic hydroxyl groups is 1. The molecule has 3 unspecified atom stereocenters. The standard InChI is InChI=1S/C11H22N2O2/c1-9(6-13-4-2-3-5-13)12-10-7-15-8-11(10)14/h9-12,14H,2-8H2,1H3. The Kier molecular flexibility index (Phi) is 3.97. The molecule has 0 spiro atoms. The first kappa shape index (κ1) is 11.3. The molecule has 2 aliphatic rings. The minimum atomic E-state index is -0.328. The van der Waals surface area contributed by atoms with E-state index in [-0.39, 0.29) is 12.1 Å². The van der Waals surface area contributed by atoms with Gasteiger partial charge in [0.2, 0.25) is 0 Å². The molecule has 2 saturated heterocycles. The van der Waals surface area contributed by atoms with Gasteiger partial charge in [-0.15, -0.1) is 0 Å². The highest BCUT2D eigenvalue weighted by Gasteiger charge is 2.27. The summed E-state index contributed by atoms with van der Waals surface area (Å²) in [5.41, 5.74) is 0. The molecule has 2 aliphatic heterocycles. The number of likely N-dealkylation sites (tertiary alicyclic amines) is 1. The summed E-state index contributed by atoms with van der Waals surface area (Å²) in [5, 5.41) is 13.0. The van der Waals surface area contributed by atoms with Crippen molar-refractivity contribution in [3.63, 3.8) is 0 Å². The van der Waals surface area contributed by atoms with E-state index in [0.29, 0.717) is 19.3 Å². The quantitative estimate of drug-likeness (QED) is 0.681. The van der Waals surface area contributed by atoms with E-state index >= 15 is 0 Å². The first-order valence-corrected chi connectivity index (χ1v) is 6.00. The van der Waals surface area contributed by atoms with Gasteiger partial charge in [-0.2, -0.15) is 0 Å². The molecule has 2 rings (SSSR count). The van der Waals surface area contributed by atoms with Crippen LogP contribution < -0.4 is 5.32 Å². The third kappa shape index (κ3) is 3.14. The monoisotopic (exact) mass is 214 g/mol. The second-order valence-electron chi connectivity index (χ2n) is 4.79. The van der Waals surface area contributed by atoms with Crippen LogP contribution >= 0.6 is 0 Å². The number of hydrogen-bond donors (Lipinski definition) is 2. The van der Waals surface area contributed by atoms with Gasteiger partial charge in [-0.1, -0.05) is 0 Å². The number of nitrogens with zero attached hydrogens (tertiary/aromatic N) is 1. The molecule has 4 nitrogen and oxygen atoms in total. The lowest BCUT2D eigenvalue weighted by atomic mass is 10.2. The van der Waals surface area contributed by atoms with Crippen molar-refractivity contribution in [1.82, 2.24) is 10.2 Å². The second kappa shape index (κ2) is 5.25. The first-order valence-electron chi connectivity index (χ1n) is 6.00. The van der Waals surface area contributed by atoms with E-state index in [1.54, 1.807) is 0 Å². The molecular formula is C11H22N2O2. The normalized spacial score (nSPS) is 34.8. The number of nitrogens with one attached hydrogen (secondary N) is 1. The zero-order valence-electron chi connectivity index (χ0n) is 9.48. The van der Waals surface area contributed by atoms with Crippen molar-refractivity contribution in [3.8, 4) is 0 Å². The molecule has 3 atom stereocenters. The van der Waals surface area contributed by atoms with Crippen LogP contribution in [-0.4, -0.2) is 61.0 Å². The molecule has 0 aromatic carbocycles. The summed E-state index contributed by atoms with van der Waals surface area (Å²) in [6, 6.07) is 0.562. The van der Waals surface area contributed by atoms with Gasteiger partial charge in [0.05, 0.1) is 25.4 Å². The van der Waals surface area contributed by atoms with Crippen molar-refractivity contribution < 1.29 is 9.84 Å². The summed E-state index contributed by atoms with van der Waals surface area (Å²) in [6.07, 6.45) is 2.34. The van der Waals surface area contributed by atoms with Gasteiger partial charge in [0.15, 0.2) is 0 Å². The van der Waals surface area contributed by atoms with Gasteiger partial charge in [0.1, 0.15) is 0 Å². The van der Waals surface area contributed by atoms with Gasteiger partial charge in [-0.3, -0.25) is 0 Å². The molecule has 2 heterocycles. The molecule has 4 heteroatoms. The Morgan fingerprint density at radius 1 is 1.40 bits per heavy atom. The fraction of sp³-hybridized carbons (Fsp3) is 1.00. The van der Waals surface area contributed by atoms with E-state index < -0.39 is 0 Å². The van der Waals surface area contributed by atoms with Crippen LogP contribution in [0.1, 0.15) is 19.8 Å². The van der Waals surface area contributed by atoms with Gasteiger partial charge in [-0.25, -0.2) is 0 Å². The third-order valence-corrected chi connectivity index (χ3v) is 3.28. The summed E-state index contributed by atoms with van der Waals surface area (Å²) in [7, 11) is 0. The molecule has 0 amide bonds. The van der Waals surface area contributed by atoms with Crippen LogP contribution in [0.15, 0.2) is 0 Å². The van der Waals surface area contributed by atoms with Crippen LogP contribution in [-0.2, 0) is 4.74 Å². The summed E-state index contributed by atoms with van der Waals surface area (Å²) >= 11 is 0. The Labute approximate surface area is 91.6 Å². The molecule has 15 heavy (non-hydrogen) atoms. The molecule has 2 fully saturated rings. The van der Waals surface area contributed by atoms with E-state index in [0.717, 1.165) is 6.54 Å². The highest BCUT2D eigenvalue weighted by atomic mass is 16.5. The second-order valence-corrected chi connectivity index (χ2v) is 4.79. The van der Waals surface area contributed by atoms with Gasteiger partial charge in [-0.05, 0) is 32.9 Å². The Balaban J connectivity index is 1.69. The molecule has 0 aromatic heterocycles. The van der Waals surface area contributed by atoms with E-state index in [1.807, 2.05) is 0 Å². The molecular weight excluding hydrogens is 192 g/mol. The van der Waals surface area contributed by atoms with Crippen molar-refractivity contribution in [2.75, 3.05) is 32.8 Å². The highest BCUT2D eigenvalue weighted by molar-refractivity contribution is 4.84. The molecule has 0 saturated carbocycles. The van der Waals surface area contributed by atoms with Crippen LogP contribution in [0.4, 0.5) is 0 Å². The van der Waals surface area contributed by atoms with Crippen molar-refractivity contribution in [2.45, 2.75) is 38.0 Å². The van der Waals surface area contributed by atoms with Gasteiger partial charge >= 0.3 is 0 Å². The smallest absolute Gasteiger partial charge is 0.0948 e. The van der Waals surface area contributed by atoms with E-state index in [9.17, 15) is 5.11 Å². The first-order chi connectivity index (χ1) is 7.25. The minimum Gasteiger partial charge on any atom is -0.389 e. The lowest BCUT2D eigenvalue weighted by Gasteiger charge is -2.25. The summed E-state index contributed by atoms with van der Waals surface area (Å²) in [5.74, 6) is 0. The van der Waals surface area contributed by atoms with Crippen LogP contribution in [0, 0.1) is 0 Å². The molecule has 2 N–H and O–H groups in total. The summed E-state index contributed by atoms with van der Waals surface area (Å²) in [6.45, 7) is 6.86. The largest absolute Gasteiger partial charge is 0.389 e. The third-order valence-electron chi connectivity index (χ3n) is 3.28. The van der Waals surface area contributed by atoms with Crippen molar-refractivity contribution in [1.29, 1.82) is 0 Å². The number of rotatable bonds is 4. The van der Waals surface area contributed by atoms with E-state index in [4.69, 9.17) is 4.74 Å². The van der Waals surface area contributed by atoms with Gasteiger partial charge in [0, 0.05) is 12.6 Å². The maximum absolute atomic E-state index is 9.60. The summed E-state index contributed by atoms with van der Waals surface area (Å²) in [4.78, 5) is 2.49. The van der Waals surface area contributed by atoms with Crippen molar-refractivity contribution in [3.05, 3.63) is 0 Å². The SMILES string of the molecule is CC(CN1CCCC1)NC1COCC1O. The van der Waals surface area contributed by atoms with Crippen LogP contribution in [0.25, 0.3) is 0 Å². The Hall–Kier alpha value is -0.160. The maximum atomic E-state index is 9.60. The maximum Gasteiger partial charge on any atom is 0.0948 e. The fourth-order valence-corrected chi connectivity index (χ4v) is 2.47. The van der Waals surface area contributed by atoms with Crippen LogP contribution in [0.5, 0.6) is 0 Å². The fourth-order valence-electron chi connectivity index (χ4n) is 2.47. The number of hydrogen-bond acceptors (Lipinski definition) is 4. The molecule has 0 aliphatic carbocycles. The van der Waals surface area contributed by atoms with Crippen LogP contribution in [0.3, 0.4) is 0 Å². The van der Waals surface area contributed by atoms with E-state index in [2.05, 4.69) is 17.1 Å². The molecule has 88 valence electrons. The lowest BCUT2D eigenvalue weighted by molar-refractivity contribution is 0.120. The predicted octanol–water partition coefficient (Wildman–Crippen LogP) is -0.180. The predicted molar refractivity (Wildman–Crippen MR) is 58.9 cm³/mol. The highest BCUT2D eigenvalue weighted by Crippen LogP contribution is 2.10. The topological polar surface area (TPSA) is 44.7 Å². The lowest BCUT2D eigenvalue weighted by Crippen LogP contribution is -2.47. The minimum absolute atomic E-state index is 0.127.